The van der Waals surface area contributed by atoms with Gasteiger partial charge in [0.25, 0.3) is 0 Å². The maximum Gasteiger partial charge on any atom is 0.127 e. The molecule has 4 heteroatoms. The number of nitrogens with zero attached hydrogens (tertiary/aromatic N) is 2. The predicted octanol–water partition coefficient (Wildman–Crippen LogP) is 4.19. The lowest BCUT2D eigenvalue weighted by atomic mass is 10.2. The molecule has 3 rings (SSSR count). The highest BCUT2D eigenvalue weighted by Gasteiger charge is 2.08. The fourth-order valence-electron chi connectivity index (χ4n) is 2.12. The van der Waals surface area contributed by atoms with Gasteiger partial charge in [0, 0.05) is 16.1 Å². The Kier molecular flexibility index (Phi) is 3.32. The van der Waals surface area contributed by atoms with Crippen LogP contribution in [0.3, 0.4) is 0 Å². The molecule has 3 nitrogen and oxygen atoms in total. The Labute approximate surface area is 126 Å². The van der Waals surface area contributed by atoms with Crippen molar-refractivity contribution in [3.8, 4) is 16.9 Å². The molecular formula is C16H14BrN3. The van der Waals surface area contributed by atoms with Crippen molar-refractivity contribution in [2.45, 2.75) is 6.92 Å². The average Bonchev–Trinajstić information content (AvgIpc) is 2.82. The lowest BCUT2D eigenvalue weighted by Crippen LogP contribution is -2.01. The lowest BCUT2D eigenvalue weighted by molar-refractivity contribution is 0.894. The number of anilines is 1. The summed E-state index contributed by atoms with van der Waals surface area (Å²) < 4.78 is 2.82. The van der Waals surface area contributed by atoms with Gasteiger partial charge in [-0.15, -0.1) is 0 Å². The number of aryl methyl sites for hydroxylation is 1. The Morgan fingerprint density at radius 1 is 1.05 bits per heavy atom. The second-order valence-corrected chi connectivity index (χ2v) is 5.63. The van der Waals surface area contributed by atoms with E-state index in [-0.39, 0.29) is 0 Å². The van der Waals surface area contributed by atoms with Crippen LogP contribution in [0.4, 0.5) is 5.82 Å². The number of rotatable bonds is 2. The van der Waals surface area contributed by atoms with Crippen LogP contribution < -0.4 is 5.73 Å². The molecule has 1 aromatic heterocycles. The first-order valence-corrected chi connectivity index (χ1v) is 7.11. The van der Waals surface area contributed by atoms with Crippen LogP contribution in [0.5, 0.6) is 0 Å². The molecule has 1 heterocycles. The van der Waals surface area contributed by atoms with Crippen molar-refractivity contribution in [2.24, 2.45) is 0 Å². The van der Waals surface area contributed by atoms with Gasteiger partial charge in [-0.05, 0) is 36.8 Å². The molecule has 3 aromatic rings. The van der Waals surface area contributed by atoms with Gasteiger partial charge in [-0.3, -0.25) is 0 Å². The largest absolute Gasteiger partial charge is 0.384 e. The van der Waals surface area contributed by atoms with Crippen molar-refractivity contribution < 1.29 is 0 Å². The molecule has 0 amide bonds. The van der Waals surface area contributed by atoms with Crippen molar-refractivity contribution in [2.75, 3.05) is 5.73 Å². The normalized spacial score (nSPS) is 10.7. The van der Waals surface area contributed by atoms with E-state index in [4.69, 9.17) is 5.73 Å². The van der Waals surface area contributed by atoms with E-state index < -0.39 is 0 Å². The Bertz CT molecular complexity index is 745. The SMILES string of the molecule is Cc1cccc(-n2nc(-c3ccc(Br)cc3)cc2N)c1. The Balaban J connectivity index is 2.05. The zero-order valence-corrected chi connectivity index (χ0v) is 12.6. The van der Waals surface area contributed by atoms with E-state index in [2.05, 4.69) is 40.1 Å². The number of nitrogen functional groups attached to an aromatic ring is 1. The van der Waals surface area contributed by atoms with E-state index in [1.165, 1.54) is 5.56 Å². The van der Waals surface area contributed by atoms with E-state index in [9.17, 15) is 0 Å². The van der Waals surface area contributed by atoms with Crippen LogP contribution in [-0.4, -0.2) is 9.78 Å². The highest BCUT2D eigenvalue weighted by Crippen LogP contribution is 2.24. The summed E-state index contributed by atoms with van der Waals surface area (Å²) in [5.74, 6) is 0.633. The first kappa shape index (κ1) is 12.9. The number of hydrogen-bond donors (Lipinski definition) is 1. The van der Waals surface area contributed by atoms with Gasteiger partial charge in [-0.25, -0.2) is 4.68 Å². The van der Waals surface area contributed by atoms with E-state index in [1.54, 1.807) is 4.68 Å². The molecule has 0 aliphatic carbocycles. The van der Waals surface area contributed by atoms with Gasteiger partial charge in [-0.1, -0.05) is 40.2 Å². The van der Waals surface area contributed by atoms with Crippen molar-refractivity contribution in [3.05, 3.63) is 64.6 Å². The highest BCUT2D eigenvalue weighted by molar-refractivity contribution is 9.10. The molecule has 100 valence electrons. The molecule has 0 saturated carbocycles. The number of benzene rings is 2. The summed E-state index contributed by atoms with van der Waals surface area (Å²) in [6, 6.07) is 18.1. The molecule has 2 aromatic carbocycles. The van der Waals surface area contributed by atoms with Gasteiger partial charge in [0.05, 0.1) is 11.4 Å². The van der Waals surface area contributed by atoms with Crippen molar-refractivity contribution in [1.82, 2.24) is 9.78 Å². The fraction of sp³-hybridized carbons (Fsp3) is 0.0625. The third-order valence-electron chi connectivity index (χ3n) is 3.12. The standard InChI is InChI=1S/C16H14BrN3/c1-11-3-2-4-14(9-11)20-16(18)10-15(19-20)12-5-7-13(17)8-6-12/h2-10H,18H2,1H3. The van der Waals surface area contributed by atoms with Crippen LogP contribution >= 0.6 is 15.9 Å². The van der Waals surface area contributed by atoms with Crippen molar-refractivity contribution in [3.63, 3.8) is 0 Å². The summed E-state index contributed by atoms with van der Waals surface area (Å²) in [5.41, 5.74) is 10.2. The smallest absolute Gasteiger partial charge is 0.127 e. The second-order valence-electron chi connectivity index (χ2n) is 4.71. The minimum absolute atomic E-state index is 0.633. The number of hydrogen-bond acceptors (Lipinski definition) is 2. The van der Waals surface area contributed by atoms with E-state index in [0.29, 0.717) is 5.82 Å². The monoisotopic (exact) mass is 327 g/mol. The van der Waals surface area contributed by atoms with Gasteiger partial charge in [-0.2, -0.15) is 5.10 Å². The molecule has 0 unspecified atom stereocenters. The Hall–Kier alpha value is -2.07. The maximum atomic E-state index is 6.08. The van der Waals surface area contributed by atoms with E-state index >= 15 is 0 Å². The maximum absolute atomic E-state index is 6.08. The van der Waals surface area contributed by atoms with Crippen molar-refractivity contribution >= 4 is 21.7 Å². The summed E-state index contributed by atoms with van der Waals surface area (Å²) in [6.07, 6.45) is 0. The third kappa shape index (κ3) is 2.47. The fourth-order valence-corrected chi connectivity index (χ4v) is 2.39. The van der Waals surface area contributed by atoms with E-state index in [0.717, 1.165) is 21.4 Å². The molecule has 0 saturated heterocycles. The summed E-state index contributed by atoms with van der Waals surface area (Å²) >= 11 is 3.43. The van der Waals surface area contributed by atoms with Crippen LogP contribution in [-0.2, 0) is 0 Å². The summed E-state index contributed by atoms with van der Waals surface area (Å²) in [4.78, 5) is 0. The van der Waals surface area contributed by atoms with Crippen LogP contribution in [0.1, 0.15) is 5.56 Å². The van der Waals surface area contributed by atoms with Crippen LogP contribution in [0.15, 0.2) is 59.1 Å². The Morgan fingerprint density at radius 2 is 1.80 bits per heavy atom. The Morgan fingerprint density at radius 3 is 2.50 bits per heavy atom. The molecule has 0 fully saturated rings. The molecule has 0 spiro atoms. The highest BCUT2D eigenvalue weighted by atomic mass is 79.9. The minimum atomic E-state index is 0.633. The molecular weight excluding hydrogens is 314 g/mol. The van der Waals surface area contributed by atoms with Crippen LogP contribution in [0.25, 0.3) is 16.9 Å². The van der Waals surface area contributed by atoms with Crippen LogP contribution in [0.2, 0.25) is 0 Å². The van der Waals surface area contributed by atoms with Crippen LogP contribution in [0, 0.1) is 6.92 Å². The summed E-state index contributed by atoms with van der Waals surface area (Å²) in [7, 11) is 0. The quantitative estimate of drug-likeness (QED) is 0.766. The summed E-state index contributed by atoms with van der Waals surface area (Å²) in [6.45, 7) is 2.05. The minimum Gasteiger partial charge on any atom is -0.384 e. The molecule has 0 atom stereocenters. The van der Waals surface area contributed by atoms with Crippen molar-refractivity contribution in [1.29, 1.82) is 0 Å². The first-order valence-electron chi connectivity index (χ1n) is 6.32. The lowest BCUT2D eigenvalue weighted by Gasteiger charge is -2.04. The van der Waals surface area contributed by atoms with Gasteiger partial charge in [0.2, 0.25) is 0 Å². The third-order valence-corrected chi connectivity index (χ3v) is 3.65. The van der Waals surface area contributed by atoms with Gasteiger partial charge in [0.1, 0.15) is 5.82 Å². The molecule has 0 aliphatic rings. The predicted molar refractivity (Wildman–Crippen MR) is 85.8 cm³/mol. The molecule has 0 radical (unpaired) electrons. The zero-order chi connectivity index (χ0) is 14.1. The molecule has 2 N–H and O–H groups in total. The molecule has 20 heavy (non-hydrogen) atoms. The second kappa shape index (κ2) is 5.13. The number of nitrogens with two attached hydrogens (primary N) is 1. The average molecular weight is 328 g/mol. The zero-order valence-electron chi connectivity index (χ0n) is 11.0. The summed E-state index contributed by atoms with van der Waals surface area (Å²) in [5, 5.41) is 4.60. The topological polar surface area (TPSA) is 43.8 Å². The number of halogens is 1. The van der Waals surface area contributed by atoms with E-state index in [1.807, 2.05) is 42.5 Å². The first-order chi connectivity index (χ1) is 9.63. The molecule has 0 aliphatic heterocycles. The van der Waals surface area contributed by atoms with Gasteiger partial charge in [0.15, 0.2) is 0 Å². The number of aromatic nitrogens is 2. The van der Waals surface area contributed by atoms with Gasteiger partial charge >= 0.3 is 0 Å². The molecule has 0 bridgehead atoms. The van der Waals surface area contributed by atoms with Gasteiger partial charge < -0.3 is 5.73 Å².